The molecular weight excluding hydrogens is 811 g/mol. The molecule has 2 aromatic heterocycles. The second kappa shape index (κ2) is 16.4. The molecule has 306 valence electrons. The van der Waals surface area contributed by atoms with Gasteiger partial charge in [-0.3, -0.25) is 19.2 Å². The van der Waals surface area contributed by atoms with Gasteiger partial charge < -0.3 is 18.9 Å². The van der Waals surface area contributed by atoms with E-state index in [1.165, 1.54) is 17.4 Å². The maximum atomic E-state index is 13.0. The van der Waals surface area contributed by atoms with Crippen LogP contribution in [-0.4, -0.2) is 36.2 Å². The lowest BCUT2D eigenvalue weighted by Crippen LogP contribution is -2.26. The fraction of sp³-hybridized carbons (Fsp3) is 0.381. The summed E-state index contributed by atoms with van der Waals surface area (Å²) in [6.07, 6.45) is -15.0. The Kier molecular flexibility index (Phi) is 11.6. The van der Waals surface area contributed by atoms with E-state index < -0.39 is 61.5 Å². The number of alkyl halides is 6. The van der Waals surface area contributed by atoms with Gasteiger partial charge in [-0.1, -0.05) is 38.1 Å². The predicted octanol–water partition coefficient (Wildman–Crippen LogP) is 12.1. The van der Waals surface area contributed by atoms with Crippen LogP contribution in [0.1, 0.15) is 112 Å². The molecule has 2 aliphatic rings. The lowest BCUT2D eigenvalue weighted by atomic mass is 9.85. The summed E-state index contributed by atoms with van der Waals surface area (Å²) in [4.78, 5) is 50.6. The predicted molar refractivity (Wildman–Crippen MR) is 204 cm³/mol. The van der Waals surface area contributed by atoms with Gasteiger partial charge in [0.15, 0.2) is 0 Å². The highest BCUT2D eigenvalue weighted by molar-refractivity contribution is 7.23. The minimum Gasteiger partial charge on any atom is -0.457 e. The Morgan fingerprint density at radius 2 is 0.862 bits per heavy atom. The highest BCUT2D eigenvalue weighted by Crippen LogP contribution is 2.47. The van der Waals surface area contributed by atoms with Crippen molar-refractivity contribution in [3.8, 4) is 20.9 Å². The zero-order valence-corrected chi connectivity index (χ0v) is 32.7. The van der Waals surface area contributed by atoms with Gasteiger partial charge in [-0.25, -0.2) is 0 Å². The van der Waals surface area contributed by atoms with Crippen molar-refractivity contribution in [1.29, 1.82) is 0 Å². The molecule has 2 aliphatic carbocycles. The summed E-state index contributed by atoms with van der Waals surface area (Å²) in [5.74, 6) is -3.62. The second-order valence-electron chi connectivity index (χ2n) is 14.2. The summed E-state index contributed by atoms with van der Waals surface area (Å²) in [7, 11) is 0. The number of rotatable bonds is 10. The molecule has 2 heterocycles. The summed E-state index contributed by atoms with van der Waals surface area (Å²) in [6, 6.07) is 18.8. The Balaban J connectivity index is 1.19. The van der Waals surface area contributed by atoms with Gasteiger partial charge in [0, 0.05) is 32.0 Å². The average Bonchev–Trinajstić information content (AvgIpc) is 3.77. The largest absolute Gasteiger partial charge is 0.457 e. The van der Waals surface area contributed by atoms with Crippen molar-refractivity contribution < 1.29 is 64.5 Å². The Hall–Kier alpha value is -4.96. The fourth-order valence-corrected chi connectivity index (χ4v) is 9.56. The molecule has 0 aliphatic heterocycles. The summed E-state index contributed by atoms with van der Waals surface area (Å²) in [5, 5.41) is 1.87. The van der Waals surface area contributed by atoms with Gasteiger partial charge in [-0.05, 0) is 106 Å². The quantitative estimate of drug-likeness (QED) is 0.0777. The average molecular weight is 847 g/mol. The Bertz CT molecular complexity index is 2350. The maximum Gasteiger partial charge on any atom is 0.399 e. The van der Waals surface area contributed by atoms with Crippen molar-refractivity contribution in [3.05, 3.63) is 82.9 Å². The highest BCUT2D eigenvalue weighted by atomic mass is 32.1. The molecule has 0 spiro atoms. The lowest BCUT2D eigenvalue weighted by molar-refractivity contribution is -0.181. The number of hydrogen-bond acceptors (Lipinski definition) is 10. The summed E-state index contributed by atoms with van der Waals surface area (Å²) < 4.78 is 101. The lowest BCUT2D eigenvalue weighted by Gasteiger charge is -2.31. The molecule has 3 aromatic carbocycles. The van der Waals surface area contributed by atoms with E-state index in [9.17, 15) is 45.5 Å². The van der Waals surface area contributed by atoms with Gasteiger partial charge in [0.1, 0.15) is 37.3 Å². The van der Waals surface area contributed by atoms with Crippen LogP contribution in [0.15, 0.2) is 60.7 Å². The topological polar surface area (TPSA) is 105 Å². The van der Waals surface area contributed by atoms with Crippen LogP contribution in [0, 0.1) is 0 Å². The van der Waals surface area contributed by atoms with Crippen LogP contribution in [-0.2, 0) is 38.1 Å². The number of carbonyl (C=O) groups excluding carboxylic acids is 4. The van der Waals surface area contributed by atoms with Crippen LogP contribution < -0.4 is 0 Å². The van der Waals surface area contributed by atoms with E-state index >= 15 is 0 Å². The molecule has 8 nitrogen and oxygen atoms in total. The van der Waals surface area contributed by atoms with Crippen molar-refractivity contribution in [1.82, 2.24) is 0 Å². The molecular formula is C42H36F6O8S2. The first-order chi connectivity index (χ1) is 27.5. The molecule has 58 heavy (non-hydrogen) atoms. The maximum absolute atomic E-state index is 13.0. The monoisotopic (exact) mass is 846 g/mol. The van der Waals surface area contributed by atoms with E-state index in [0.29, 0.717) is 18.4 Å². The van der Waals surface area contributed by atoms with Crippen LogP contribution in [0.25, 0.3) is 41.1 Å². The molecule has 4 unspecified atom stereocenters. The van der Waals surface area contributed by atoms with E-state index in [1.54, 1.807) is 37.3 Å². The number of ether oxygens (including phenoxy) is 4. The minimum atomic E-state index is -4.80. The Morgan fingerprint density at radius 3 is 1.21 bits per heavy atom. The van der Waals surface area contributed by atoms with Gasteiger partial charge >= 0.3 is 36.2 Å². The number of benzene rings is 3. The minimum absolute atomic E-state index is 0.0607. The molecule has 0 saturated carbocycles. The first kappa shape index (κ1) is 41.2. The van der Waals surface area contributed by atoms with Gasteiger partial charge in [-0.15, -0.1) is 22.7 Å². The number of esters is 4. The van der Waals surface area contributed by atoms with Crippen LogP contribution in [0.3, 0.4) is 0 Å². The number of fused-ring (bicyclic) bond motifs is 4. The summed E-state index contributed by atoms with van der Waals surface area (Å²) >= 11 is 3.01. The molecule has 16 heteroatoms. The van der Waals surface area contributed by atoms with Crippen LogP contribution in [0.2, 0.25) is 0 Å². The van der Waals surface area contributed by atoms with Crippen LogP contribution in [0.4, 0.5) is 26.3 Å². The molecule has 0 N–H and O–H groups in total. The zero-order valence-electron chi connectivity index (χ0n) is 31.1. The smallest absolute Gasteiger partial charge is 0.399 e. The van der Waals surface area contributed by atoms with E-state index in [4.69, 9.17) is 18.9 Å². The number of thiophene rings is 2. The highest BCUT2D eigenvalue weighted by Gasteiger charge is 2.39. The summed E-state index contributed by atoms with van der Waals surface area (Å²) in [6.45, 7) is 3.47. The van der Waals surface area contributed by atoms with Crippen LogP contribution >= 0.6 is 22.7 Å². The molecule has 0 saturated heterocycles. The van der Waals surface area contributed by atoms with Crippen molar-refractivity contribution in [2.45, 2.75) is 102 Å². The van der Waals surface area contributed by atoms with E-state index in [-0.39, 0.29) is 48.7 Å². The number of carbonyl (C=O) groups is 4. The first-order valence-electron chi connectivity index (χ1n) is 18.6. The third kappa shape index (κ3) is 9.33. The van der Waals surface area contributed by atoms with Gasteiger partial charge in [0.05, 0.1) is 0 Å². The zero-order chi connectivity index (χ0) is 41.5. The number of halogens is 6. The number of hydrogen-bond donors (Lipinski definition) is 0. The van der Waals surface area contributed by atoms with Crippen molar-refractivity contribution in [2.75, 3.05) is 0 Å². The second-order valence-corrected chi connectivity index (χ2v) is 16.4. The molecule has 5 aromatic rings. The summed E-state index contributed by atoms with van der Waals surface area (Å²) in [5.41, 5.74) is 3.64. The molecule has 4 atom stereocenters. The van der Waals surface area contributed by atoms with Gasteiger partial charge in [0.25, 0.3) is 0 Å². The third-order valence-corrected chi connectivity index (χ3v) is 12.3. The SMILES string of the molecule is CCC(=O)OC1CCC(OC(=O)CC)c2cc(-c3cc4cc5sc(-c6ccc7c(c6)C(OC(=O)CC(F)(F)F)CCC7OC(=O)CC(F)(F)F)cc5cc4s3)ccc21. The Morgan fingerprint density at radius 1 is 0.517 bits per heavy atom. The van der Waals surface area contributed by atoms with Gasteiger partial charge in [0.2, 0.25) is 0 Å². The first-order valence-corrected chi connectivity index (χ1v) is 20.3. The Labute approximate surface area is 336 Å². The third-order valence-electron chi connectivity index (χ3n) is 10.0. The standard InChI is InChI=1S/C42H36F6O8S2/c1-3-37(49)53-29-9-11-31(54-38(50)4-2)27-13-21(5-7-25(27)29)33-15-23-17-36-24(18-35(23)57-33)16-34(58-36)22-6-8-26-28(14-22)32(56-40(52)20-42(46,47)48)12-10-30(26)55-39(51)19-41(43,44)45/h5-8,13-18,29-32H,3-4,9-12,19-20H2,1-2H3. The van der Waals surface area contributed by atoms with Crippen molar-refractivity contribution in [3.63, 3.8) is 0 Å². The molecule has 0 fully saturated rings. The van der Waals surface area contributed by atoms with Crippen molar-refractivity contribution >= 4 is 66.7 Å². The van der Waals surface area contributed by atoms with Crippen molar-refractivity contribution in [2.24, 2.45) is 0 Å². The fourth-order valence-electron chi connectivity index (χ4n) is 7.39. The van der Waals surface area contributed by atoms with E-state index in [2.05, 4.69) is 6.07 Å². The molecule has 0 bridgehead atoms. The molecule has 7 rings (SSSR count). The van der Waals surface area contributed by atoms with E-state index in [0.717, 1.165) is 46.6 Å². The molecule has 0 amide bonds. The molecule has 0 radical (unpaired) electrons. The normalized spacial score (nSPS) is 19.3. The van der Waals surface area contributed by atoms with E-state index in [1.807, 2.05) is 36.4 Å². The van der Waals surface area contributed by atoms with Crippen LogP contribution in [0.5, 0.6) is 0 Å². The van der Waals surface area contributed by atoms with Gasteiger partial charge in [-0.2, -0.15) is 26.3 Å².